The Bertz CT molecular complexity index is 1450. The smallest absolute Gasteiger partial charge is 0.175 e. The number of pyridine rings is 1. The van der Waals surface area contributed by atoms with Crippen molar-refractivity contribution in [1.82, 2.24) is 24.3 Å². The molecule has 0 aliphatic heterocycles. The van der Waals surface area contributed by atoms with E-state index in [2.05, 4.69) is 57.9 Å². The van der Waals surface area contributed by atoms with Gasteiger partial charge in [-0.25, -0.2) is 4.98 Å². The van der Waals surface area contributed by atoms with Crippen LogP contribution in [0.15, 0.2) is 78.5 Å². The molecule has 0 bridgehead atoms. The fourth-order valence-corrected chi connectivity index (χ4v) is 4.21. The molecule has 2 aromatic carbocycles. The van der Waals surface area contributed by atoms with E-state index in [0.717, 1.165) is 27.7 Å². The molecule has 0 amide bonds. The van der Waals surface area contributed by atoms with E-state index in [0.29, 0.717) is 12.4 Å². The van der Waals surface area contributed by atoms with Crippen molar-refractivity contribution in [1.29, 1.82) is 0 Å². The van der Waals surface area contributed by atoms with Crippen LogP contribution in [0.5, 0.6) is 0 Å². The number of fused-ring (bicyclic) bond motifs is 1. The largest absolute Gasteiger partial charge is 0.321 e. The van der Waals surface area contributed by atoms with Crippen LogP contribution in [0.1, 0.15) is 34.1 Å². The minimum absolute atomic E-state index is 0.590. The van der Waals surface area contributed by atoms with Gasteiger partial charge in [0.1, 0.15) is 5.82 Å². The van der Waals surface area contributed by atoms with E-state index in [4.69, 9.17) is 4.98 Å². The summed E-state index contributed by atoms with van der Waals surface area (Å²) in [5.41, 5.74) is 8.18. The van der Waals surface area contributed by atoms with Gasteiger partial charge in [0, 0.05) is 37.7 Å². The number of nitroso groups, excluding NO2 is 1. The van der Waals surface area contributed by atoms with Crippen LogP contribution in [0.2, 0.25) is 0 Å². The van der Waals surface area contributed by atoms with Gasteiger partial charge in [-0.3, -0.25) is 9.67 Å². The number of rotatable bonds is 6. The average Bonchev–Trinajstić information content (AvgIpc) is 3.41. The summed E-state index contributed by atoms with van der Waals surface area (Å²) in [6.45, 7) is 4.78. The number of aryl methyl sites for hydroxylation is 3. The second-order valence-corrected chi connectivity index (χ2v) is 8.38. The first-order chi connectivity index (χ1) is 16.0. The van der Waals surface area contributed by atoms with Gasteiger partial charge < -0.3 is 4.57 Å². The van der Waals surface area contributed by atoms with Crippen molar-refractivity contribution in [2.45, 2.75) is 26.4 Å². The molecule has 0 spiro atoms. The van der Waals surface area contributed by atoms with Crippen molar-refractivity contribution >= 4 is 11.0 Å². The zero-order chi connectivity index (χ0) is 22.9. The highest BCUT2D eigenvalue weighted by atomic mass is 16.3. The van der Waals surface area contributed by atoms with E-state index in [1.54, 1.807) is 17.1 Å². The van der Waals surface area contributed by atoms with Gasteiger partial charge in [0.25, 0.3) is 0 Å². The molecule has 0 saturated carbocycles. The first-order valence-electron chi connectivity index (χ1n) is 10.8. The molecule has 1 unspecified atom stereocenters. The van der Waals surface area contributed by atoms with Gasteiger partial charge in [-0.05, 0) is 60.4 Å². The second kappa shape index (κ2) is 8.43. The monoisotopic (exact) mass is 436 g/mol. The quantitative estimate of drug-likeness (QED) is 0.336. The molecule has 7 nitrogen and oxygen atoms in total. The summed E-state index contributed by atoms with van der Waals surface area (Å²) >= 11 is 0. The number of hydrogen-bond donors (Lipinski definition) is 0. The first kappa shape index (κ1) is 20.8. The first-order valence-corrected chi connectivity index (χ1v) is 10.8. The average molecular weight is 437 g/mol. The molecule has 1 atom stereocenters. The van der Waals surface area contributed by atoms with E-state index < -0.39 is 6.04 Å². The topological polar surface area (TPSA) is 78.0 Å². The molecule has 0 aliphatic carbocycles. The molecule has 0 fully saturated rings. The highest BCUT2D eigenvalue weighted by Gasteiger charge is 2.24. The van der Waals surface area contributed by atoms with E-state index in [1.165, 1.54) is 16.7 Å². The highest BCUT2D eigenvalue weighted by molar-refractivity contribution is 5.83. The van der Waals surface area contributed by atoms with Crippen LogP contribution in [0, 0.1) is 18.8 Å². The fourth-order valence-electron chi connectivity index (χ4n) is 4.21. The molecule has 0 radical (unpaired) electrons. The van der Waals surface area contributed by atoms with Crippen molar-refractivity contribution in [3.05, 3.63) is 106 Å². The molecule has 0 aliphatic rings. The third-order valence-electron chi connectivity index (χ3n) is 6.02. The van der Waals surface area contributed by atoms with Crippen LogP contribution < -0.4 is 0 Å². The minimum Gasteiger partial charge on any atom is -0.321 e. The molecule has 3 aromatic heterocycles. The molecule has 33 heavy (non-hydrogen) atoms. The van der Waals surface area contributed by atoms with Gasteiger partial charge in [0.15, 0.2) is 6.04 Å². The zero-order valence-corrected chi connectivity index (χ0v) is 18.8. The predicted octanol–water partition coefficient (Wildman–Crippen LogP) is 5.35. The Morgan fingerprint density at radius 2 is 1.82 bits per heavy atom. The van der Waals surface area contributed by atoms with E-state index in [1.807, 2.05) is 43.7 Å². The number of hydrogen-bond acceptors (Lipinski definition) is 5. The van der Waals surface area contributed by atoms with Crippen LogP contribution in [0.4, 0.5) is 0 Å². The Morgan fingerprint density at radius 3 is 2.55 bits per heavy atom. The third-order valence-corrected chi connectivity index (χ3v) is 6.02. The summed E-state index contributed by atoms with van der Waals surface area (Å²) < 4.78 is 3.90. The molecule has 0 saturated heterocycles. The molecule has 5 aromatic rings. The van der Waals surface area contributed by atoms with E-state index in [-0.39, 0.29) is 0 Å². The van der Waals surface area contributed by atoms with Gasteiger partial charge in [-0.15, -0.1) is 4.91 Å². The molecule has 0 N–H and O–H groups in total. The Kier molecular flexibility index (Phi) is 5.30. The van der Waals surface area contributed by atoms with Gasteiger partial charge in [0.2, 0.25) is 0 Å². The fraction of sp³-hybridized carbons (Fsp3) is 0.192. The summed E-state index contributed by atoms with van der Waals surface area (Å²) in [7, 11) is 1.90. The number of nitrogens with zero attached hydrogens (tertiary/aromatic N) is 6. The van der Waals surface area contributed by atoms with Crippen LogP contribution in [0.3, 0.4) is 0 Å². The van der Waals surface area contributed by atoms with Crippen molar-refractivity contribution in [3.63, 3.8) is 0 Å². The lowest BCUT2D eigenvalue weighted by atomic mass is 10.0. The summed E-state index contributed by atoms with van der Waals surface area (Å²) in [6, 6.07) is 15.5. The lowest BCUT2D eigenvalue weighted by Gasteiger charge is -2.15. The van der Waals surface area contributed by atoms with Crippen molar-refractivity contribution in [2.75, 3.05) is 0 Å². The van der Waals surface area contributed by atoms with E-state index in [9.17, 15) is 4.91 Å². The molecule has 7 heteroatoms. The Morgan fingerprint density at radius 1 is 1.00 bits per heavy atom. The van der Waals surface area contributed by atoms with Crippen LogP contribution in [0.25, 0.3) is 22.2 Å². The summed E-state index contributed by atoms with van der Waals surface area (Å²) in [6.07, 6.45) is 7.18. The molecular weight excluding hydrogens is 412 g/mol. The summed E-state index contributed by atoms with van der Waals surface area (Å²) in [5.74, 6) is 0.621. The minimum atomic E-state index is -0.729. The van der Waals surface area contributed by atoms with Crippen molar-refractivity contribution in [2.24, 2.45) is 12.2 Å². The van der Waals surface area contributed by atoms with Crippen molar-refractivity contribution < 1.29 is 0 Å². The van der Waals surface area contributed by atoms with Gasteiger partial charge in [-0.2, -0.15) is 5.10 Å². The van der Waals surface area contributed by atoms with Crippen molar-refractivity contribution in [3.8, 4) is 11.1 Å². The maximum absolute atomic E-state index is 12.1. The summed E-state index contributed by atoms with van der Waals surface area (Å²) in [5, 5.41) is 7.78. The molecule has 3 heterocycles. The molecular formula is C26H24N6O. The van der Waals surface area contributed by atoms with E-state index >= 15 is 0 Å². The van der Waals surface area contributed by atoms with Crippen LogP contribution in [-0.4, -0.2) is 24.3 Å². The van der Waals surface area contributed by atoms with Gasteiger partial charge >= 0.3 is 0 Å². The number of benzene rings is 2. The standard InChI is InChI=1S/C26H24N6O/c1-17-4-5-18(2)21(12-17)16-32-24-13-20(22-14-28-31(3)15-22)6-7-23(24)29-26(32)25(30-33)19-8-10-27-11-9-19/h4-15,25H,16H2,1-3H3. The highest BCUT2D eigenvalue weighted by Crippen LogP contribution is 2.32. The lowest BCUT2D eigenvalue weighted by Crippen LogP contribution is -2.11. The second-order valence-electron chi connectivity index (χ2n) is 8.38. The number of aromatic nitrogens is 5. The Hall–Kier alpha value is -4.13. The maximum Gasteiger partial charge on any atom is 0.175 e. The Labute approximate surface area is 191 Å². The third kappa shape index (κ3) is 3.93. The SMILES string of the molecule is Cc1ccc(C)c(Cn2c(C(N=O)c3ccncc3)nc3ccc(-c4cnn(C)c4)cc32)c1. The molecule has 5 rings (SSSR count). The lowest BCUT2D eigenvalue weighted by molar-refractivity contribution is 0.684. The molecule has 164 valence electrons. The van der Waals surface area contributed by atoms with Gasteiger partial charge in [-0.1, -0.05) is 35.0 Å². The predicted molar refractivity (Wildman–Crippen MR) is 129 cm³/mol. The number of imidazole rings is 1. The van der Waals surface area contributed by atoms with Gasteiger partial charge in [0.05, 0.1) is 17.2 Å². The Balaban J connectivity index is 1.72. The normalized spacial score (nSPS) is 12.2. The van der Waals surface area contributed by atoms with Crippen LogP contribution >= 0.6 is 0 Å². The zero-order valence-electron chi connectivity index (χ0n) is 18.8. The maximum atomic E-state index is 12.1. The summed E-state index contributed by atoms with van der Waals surface area (Å²) in [4.78, 5) is 21.0. The van der Waals surface area contributed by atoms with Crippen LogP contribution in [-0.2, 0) is 13.6 Å².